The lowest BCUT2D eigenvalue weighted by Gasteiger charge is -2.21. The highest BCUT2D eigenvalue weighted by Crippen LogP contribution is 2.33. The summed E-state index contributed by atoms with van der Waals surface area (Å²) in [4.78, 5) is 24.4. The summed E-state index contributed by atoms with van der Waals surface area (Å²) in [7, 11) is 0. The summed E-state index contributed by atoms with van der Waals surface area (Å²) in [6, 6.07) is 9.44. The predicted molar refractivity (Wildman–Crippen MR) is 81.3 cm³/mol. The molecule has 4 nitrogen and oxygen atoms in total. The molecule has 0 spiro atoms. The lowest BCUT2D eigenvalue weighted by molar-refractivity contribution is -0.140. The summed E-state index contributed by atoms with van der Waals surface area (Å²) in [5.41, 5.74) is 0.819. The van der Waals surface area contributed by atoms with E-state index in [0.29, 0.717) is 6.42 Å². The Kier molecular flexibility index (Phi) is 4.27. The van der Waals surface area contributed by atoms with E-state index in [1.54, 1.807) is 0 Å². The second-order valence-corrected chi connectivity index (χ2v) is 6.04. The molecule has 1 saturated heterocycles. The molecule has 1 aliphatic carbocycles. The van der Waals surface area contributed by atoms with Gasteiger partial charge in [-0.3, -0.25) is 4.79 Å². The van der Waals surface area contributed by atoms with Crippen LogP contribution in [0.3, 0.4) is 0 Å². The molecular formula is C18H20O4. The highest BCUT2D eigenvalue weighted by molar-refractivity contribution is 6.23. The minimum absolute atomic E-state index is 0.0507. The number of carbonyl (C=O) groups is 2. The van der Waals surface area contributed by atoms with Gasteiger partial charge in [-0.25, -0.2) is 4.79 Å². The van der Waals surface area contributed by atoms with Crippen LogP contribution >= 0.6 is 0 Å². The standard InChI is InChI=1S/C18H20O4/c19-16(13-9-5-2-6-10-13)15-17(20)14(22-18(15)21)11-12-7-3-1-4-8-12/h1,3-4,7-8,13-14,19H,2,5-6,9-11H2. The van der Waals surface area contributed by atoms with E-state index in [1.165, 1.54) is 0 Å². The van der Waals surface area contributed by atoms with Gasteiger partial charge in [-0.05, 0) is 18.4 Å². The summed E-state index contributed by atoms with van der Waals surface area (Å²) in [5, 5.41) is 10.4. The Labute approximate surface area is 129 Å². The normalized spacial score (nSPS) is 25.2. The SMILES string of the molecule is O=C1OC(Cc2ccccc2)C(=O)C1=C(O)C1CCCCC1. The fourth-order valence-electron chi connectivity index (χ4n) is 3.28. The number of hydrogen-bond acceptors (Lipinski definition) is 4. The topological polar surface area (TPSA) is 63.6 Å². The van der Waals surface area contributed by atoms with Crippen molar-refractivity contribution in [2.45, 2.75) is 44.6 Å². The van der Waals surface area contributed by atoms with Crippen LogP contribution in [0.4, 0.5) is 0 Å². The molecule has 4 heteroatoms. The maximum atomic E-state index is 12.4. The van der Waals surface area contributed by atoms with Gasteiger partial charge in [-0.15, -0.1) is 0 Å². The molecule has 2 fully saturated rings. The summed E-state index contributed by atoms with van der Waals surface area (Å²) in [5.74, 6) is -1.17. The van der Waals surface area contributed by atoms with Gasteiger partial charge in [0.25, 0.3) is 0 Å². The lowest BCUT2D eigenvalue weighted by atomic mass is 9.85. The molecule has 1 unspecified atom stereocenters. The first-order valence-electron chi connectivity index (χ1n) is 7.89. The number of rotatable bonds is 3. The van der Waals surface area contributed by atoms with Gasteiger partial charge in [0.05, 0.1) is 0 Å². The summed E-state index contributed by atoms with van der Waals surface area (Å²) < 4.78 is 5.20. The minimum Gasteiger partial charge on any atom is -0.511 e. The maximum absolute atomic E-state index is 12.4. The van der Waals surface area contributed by atoms with Gasteiger partial charge in [-0.1, -0.05) is 49.6 Å². The Morgan fingerprint density at radius 3 is 2.45 bits per heavy atom. The zero-order valence-corrected chi connectivity index (χ0v) is 12.5. The number of aliphatic hydroxyl groups excluding tert-OH is 1. The van der Waals surface area contributed by atoms with E-state index in [9.17, 15) is 14.7 Å². The summed E-state index contributed by atoms with van der Waals surface area (Å²) >= 11 is 0. The fraction of sp³-hybridized carbons (Fsp3) is 0.444. The van der Waals surface area contributed by atoms with E-state index in [4.69, 9.17) is 4.74 Å². The molecule has 0 aromatic heterocycles. The molecule has 2 aliphatic rings. The second-order valence-electron chi connectivity index (χ2n) is 6.04. The monoisotopic (exact) mass is 300 g/mol. The molecule has 1 aromatic carbocycles. The van der Waals surface area contributed by atoms with Gasteiger partial charge in [0, 0.05) is 12.3 Å². The molecular weight excluding hydrogens is 280 g/mol. The number of benzene rings is 1. The van der Waals surface area contributed by atoms with Gasteiger partial charge >= 0.3 is 5.97 Å². The van der Waals surface area contributed by atoms with Crippen LogP contribution in [0.5, 0.6) is 0 Å². The van der Waals surface area contributed by atoms with Crippen molar-refractivity contribution in [1.82, 2.24) is 0 Å². The Hall–Kier alpha value is -2.10. The summed E-state index contributed by atoms with van der Waals surface area (Å²) in [6.07, 6.45) is 4.41. The Morgan fingerprint density at radius 2 is 1.77 bits per heavy atom. The molecule has 0 radical (unpaired) electrons. The smallest absolute Gasteiger partial charge is 0.346 e. The van der Waals surface area contributed by atoms with Crippen molar-refractivity contribution in [3.8, 4) is 0 Å². The Balaban J connectivity index is 1.79. The first-order valence-corrected chi connectivity index (χ1v) is 7.89. The molecule has 0 amide bonds. The third-order valence-electron chi connectivity index (χ3n) is 4.50. The van der Waals surface area contributed by atoms with Crippen molar-refractivity contribution in [1.29, 1.82) is 0 Å². The van der Waals surface area contributed by atoms with Crippen molar-refractivity contribution in [3.05, 3.63) is 47.2 Å². The van der Waals surface area contributed by atoms with Gasteiger partial charge < -0.3 is 9.84 Å². The van der Waals surface area contributed by atoms with Gasteiger partial charge in [0.15, 0.2) is 6.10 Å². The van der Waals surface area contributed by atoms with E-state index in [2.05, 4.69) is 0 Å². The molecule has 116 valence electrons. The van der Waals surface area contributed by atoms with Crippen LogP contribution in [0, 0.1) is 5.92 Å². The zero-order chi connectivity index (χ0) is 15.5. The van der Waals surface area contributed by atoms with Gasteiger partial charge in [-0.2, -0.15) is 0 Å². The number of hydrogen-bond donors (Lipinski definition) is 1. The minimum atomic E-state index is -0.810. The van der Waals surface area contributed by atoms with Crippen molar-refractivity contribution in [2.24, 2.45) is 5.92 Å². The van der Waals surface area contributed by atoms with Crippen LogP contribution in [0.1, 0.15) is 37.7 Å². The molecule has 1 atom stereocenters. The first kappa shape index (κ1) is 14.8. The quantitative estimate of drug-likeness (QED) is 0.403. The number of Topliss-reactive ketones (excluding diaryl/α,β-unsaturated/α-hetero) is 1. The van der Waals surface area contributed by atoms with Gasteiger partial charge in [0.2, 0.25) is 5.78 Å². The van der Waals surface area contributed by atoms with E-state index in [-0.39, 0.29) is 23.0 Å². The number of esters is 1. The number of ketones is 1. The largest absolute Gasteiger partial charge is 0.511 e. The summed E-state index contributed by atoms with van der Waals surface area (Å²) in [6.45, 7) is 0. The first-order chi connectivity index (χ1) is 10.7. The number of allylic oxidation sites excluding steroid dienone is 1. The molecule has 1 heterocycles. The average Bonchev–Trinajstić information content (AvgIpc) is 2.82. The van der Waals surface area contributed by atoms with E-state index >= 15 is 0 Å². The number of ether oxygens (including phenoxy) is 1. The average molecular weight is 300 g/mol. The zero-order valence-electron chi connectivity index (χ0n) is 12.5. The van der Waals surface area contributed by atoms with Crippen LogP contribution in [0.2, 0.25) is 0 Å². The molecule has 1 aromatic rings. The molecule has 1 N–H and O–H groups in total. The Morgan fingerprint density at radius 1 is 1.09 bits per heavy atom. The highest BCUT2D eigenvalue weighted by Gasteiger charge is 2.42. The lowest BCUT2D eigenvalue weighted by Crippen LogP contribution is -2.21. The van der Waals surface area contributed by atoms with E-state index < -0.39 is 12.1 Å². The van der Waals surface area contributed by atoms with Crippen LogP contribution < -0.4 is 0 Å². The molecule has 3 rings (SSSR count). The number of cyclic esters (lactones) is 1. The van der Waals surface area contributed by atoms with Crippen LogP contribution in [-0.4, -0.2) is 23.0 Å². The number of aliphatic hydroxyl groups is 1. The van der Waals surface area contributed by atoms with Crippen LogP contribution in [-0.2, 0) is 20.7 Å². The van der Waals surface area contributed by atoms with Crippen molar-refractivity contribution < 1.29 is 19.4 Å². The second kappa shape index (κ2) is 6.34. The number of carbonyl (C=O) groups excluding carboxylic acids is 2. The fourth-order valence-corrected chi connectivity index (χ4v) is 3.28. The van der Waals surface area contributed by atoms with E-state index in [0.717, 1.165) is 37.7 Å². The Bertz CT molecular complexity index is 597. The predicted octanol–water partition coefficient (Wildman–Crippen LogP) is 3.12. The highest BCUT2D eigenvalue weighted by atomic mass is 16.6. The van der Waals surface area contributed by atoms with E-state index in [1.807, 2.05) is 30.3 Å². The van der Waals surface area contributed by atoms with Gasteiger partial charge in [0.1, 0.15) is 11.3 Å². The third-order valence-corrected chi connectivity index (χ3v) is 4.50. The third kappa shape index (κ3) is 2.91. The molecule has 1 saturated carbocycles. The maximum Gasteiger partial charge on any atom is 0.346 e. The molecule has 22 heavy (non-hydrogen) atoms. The van der Waals surface area contributed by atoms with Crippen LogP contribution in [0.15, 0.2) is 41.7 Å². The van der Waals surface area contributed by atoms with Crippen molar-refractivity contribution in [3.63, 3.8) is 0 Å². The van der Waals surface area contributed by atoms with Crippen molar-refractivity contribution in [2.75, 3.05) is 0 Å². The van der Waals surface area contributed by atoms with Crippen LogP contribution in [0.25, 0.3) is 0 Å². The molecule has 0 bridgehead atoms. The van der Waals surface area contributed by atoms with Crippen molar-refractivity contribution >= 4 is 11.8 Å². The molecule has 1 aliphatic heterocycles.